The minimum absolute atomic E-state index is 0.465. The summed E-state index contributed by atoms with van der Waals surface area (Å²) < 4.78 is 0. The first-order valence-electron chi connectivity index (χ1n) is 7.69. The largest absolute Gasteiger partial charge is 0.396 e. The van der Waals surface area contributed by atoms with E-state index < -0.39 is 0 Å². The molecule has 0 aliphatic carbocycles. The van der Waals surface area contributed by atoms with Crippen molar-refractivity contribution in [3.63, 3.8) is 0 Å². The Kier molecular flexibility index (Phi) is 8.42. The molecule has 0 unspecified atom stereocenters. The Labute approximate surface area is 139 Å². The average Bonchev–Trinajstić information content (AvgIpc) is 2.47. The first-order chi connectivity index (χ1) is 10.0. The van der Waals surface area contributed by atoms with Gasteiger partial charge in [-0.1, -0.05) is 44.0 Å². The van der Waals surface area contributed by atoms with Gasteiger partial charge in [-0.05, 0) is 56.8 Å². The van der Waals surface area contributed by atoms with Gasteiger partial charge < -0.3 is 10.6 Å². The molecule has 0 fully saturated rings. The van der Waals surface area contributed by atoms with Crippen molar-refractivity contribution < 1.29 is 0 Å². The average molecular weight is 332 g/mol. The molecule has 0 aliphatic heterocycles. The molecule has 1 aromatic rings. The second-order valence-electron chi connectivity index (χ2n) is 5.22. The highest BCUT2D eigenvalue weighted by Crippen LogP contribution is 2.29. The number of hydrogen-bond acceptors (Lipinski definition) is 3. The van der Waals surface area contributed by atoms with Gasteiger partial charge in [0.2, 0.25) is 0 Å². The molecule has 1 rings (SSSR count). The Hall–Kier alpha value is -0.480. The van der Waals surface area contributed by atoms with Gasteiger partial charge in [-0.2, -0.15) is 0 Å². The summed E-state index contributed by atoms with van der Waals surface area (Å²) in [5.41, 5.74) is 7.35. The van der Waals surface area contributed by atoms with Crippen LogP contribution in [0.15, 0.2) is 12.1 Å². The highest BCUT2D eigenvalue weighted by atomic mass is 35.5. The van der Waals surface area contributed by atoms with E-state index in [1.165, 1.54) is 6.42 Å². The summed E-state index contributed by atoms with van der Waals surface area (Å²) in [4.78, 5) is 4.85. The minimum atomic E-state index is 0.465. The molecular formula is C16H27Cl2N3. The summed E-state index contributed by atoms with van der Waals surface area (Å²) in [6.07, 6.45) is 1.17. The number of hydrogen-bond donors (Lipinski definition) is 1. The molecule has 0 aliphatic rings. The number of rotatable bonds is 9. The number of nitrogens with two attached hydrogens (primary N) is 1. The molecule has 0 amide bonds. The van der Waals surface area contributed by atoms with Crippen molar-refractivity contribution in [3.8, 4) is 0 Å². The normalized spacial score (nSPS) is 11.6. The van der Waals surface area contributed by atoms with E-state index in [1.807, 2.05) is 12.1 Å². The third-order valence-electron chi connectivity index (χ3n) is 3.84. The quantitative estimate of drug-likeness (QED) is 0.690. The van der Waals surface area contributed by atoms with Crippen LogP contribution >= 0.6 is 23.2 Å². The van der Waals surface area contributed by atoms with Gasteiger partial charge in [0.05, 0.1) is 15.7 Å². The van der Waals surface area contributed by atoms with Gasteiger partial charge in [-0.15, -0.1) is 0 Å². The first kappa shape index (κ1) is 18.6. The van der Waals surface area contributed by atoms with Crippen molar-refractivity contribution in [1.82, 2.24) is 9.80 Å². The van der Waals surface area contributed by atoms with Gasteiger partial charge in [-0.25, -0.2) is 0 Å². The van der Waals surface area contributed by atoms with Crippen molar-refractivity contribution in [2.24, 2.45) is 0 Å². The van der Waals surface area contributed by atoms with E-state index in [-0.39, 0.29) is 0 Å². The lowest BCUT2D eigenvalue weighted by Gasteiger charge is -2.23. The Balaban J connectivity index is 2.54. The highest BCUT2D eigenvalue weighted by molar-refractivity contribution is 6.38. The topological polar surface area (TPSA) is 32.5 Å². The molecule has 3 nitrogen and oxygen atoms in total. The van der Waals surface area contributed by atoms with Crippen LogP contribution in [0.4, 0.5) is 5.69 Å². The van der Waals surface area contributed by atoms with Gasteiger partial charge in [0.1, 0.15) is 0 Å². The zero-order chi connectivity index (χ0) is 15.8. The van der Waals surface area contributed by atoms with Gasteiger partial charge >= 0.3 is 0 Å². The second kappa shape index (κ2) is 9.52. The number of nitrogens with zero attached hydrogens (tertiary/aromatic N) is 2. The van der Waals surface area contributed by atoms with Crippen molar-refractivity contribution in [1.29, 1.82) is 0 Å². The van der Waals surface area contributed by atoms with E-state index in [0.717, 1.165) is 44.8 Å². The summed E-state index contributed by atoms with van der Waals surface area (Å²) in [6, 6.07) is 3.83. The summed E-state index contributed by atoms with van der Waals surface area (Å²) in [7, 11) is 0. The fraction of sp³-hybridized carbons (Fsp3) is 0.625. The molecule has 2 N–H and O–H groups in total. The minimum Gasteiger partial charge on any atom is -0.396 e. The lowest BCUT2D eigenvalue weighted by atomic mass is 10.2. The van der Waals surface area contributed by atoms with Crippen LogP contribution in [0, 0.1) is 0 Å². The Morgan fingerprint density at radius 1 is 0.905 bits per heavy atom. The summed E-state index contributed by atoms with van der Waals surface area (Å²) in [5, 5.41) is 1.08. The lowest BCUT2D eigenvalue weighted by molar-refractivity contribution is 0.238. The van der Waals surface area contributed by atoms with Crippen LogP contribution in [0.25, 0.3) is 0 Å². The Morgan fingerprint density at radius 2 is 1.38 bits per heavy atom. The van der Waals surface area contributed by atoms with Crippen LogP contribution in [0.2, 0.25) is 10.0 Å². The first-order valence-corrected chi connectivity index (χ1v) is 8.45. The smallest absolute Gasteiger partial charge is 0.0693 e. The van der Waals surface area contributed by atoms with Crippen molar-refractivity contribution in [3.05, 3.63) is 27.7 Å². The highest BCUT2D eigenvalue weighted by Gasteiger charge is 2.09. The van der Waals surface area contributed by atoms with E-state index in [4.69, 9.17) is 28.9 Å². The standard InChI is InChI=1S/C16H27Cl2N3/c1-4-20(5-2)8-7-9-21(6-3)12-13-10-14(17)16(19)15(18)11-13/h10-11H,4-9,12,19H2,1-3H3. The van der Waals surface area contributed by atoms with Crippen molar-refractivity contribution in [2.75, 3.05) is 38.5 Å². The van der Waals surface area contributed by atoms with Gasteiger partial charge in [0.15, 0.2) is 0 Å². The van der Waals surface area contributed by atoms with Gasteiger partial charge in [0, 0.05) is 6.54 Å². The zero-order valence-electron chi connectivity index (χ0n) is 13.3. The summed E-state index contributed by atoms with van der Waals surface area (Å²) >= 11 is 12.2. The molecule has 0 atom stereocenters. The van der Waals surface area contributed by atoms with Crippen LogP contribution in [0.5, 0.6) is 0 Å². The van der Waals surface area contributed by atoms with Crippen molar-refractivity contribution in [2.45, 2.75) is 33.7 Å². The van der Waals surface area contributed by atoms with E-state index >= 15 is 0 Å². The molecule has 21 heavy (non-hydrogen) atoms. The maximum Gasteiger partial charge on any atom is 0.0693 e. The molecule has 0 spiro atoms. The molecule has 1 aromatic carbocycles. The number of halogens is 2. The maximum atomic E-state index is 6.09. The predicted molar refractivity (Wildman–Crippen MR) is 94.2 cm³/mol. The molecule has 0 saturated carbocycles. The SMILES string of the molecule is CCN(CC)CCCN(CC)Cc1cc(Cl)c(N)c(Cl)c1. The van der Waals surface area contributed by atoms with E-state index in [1.54, 1.807) is 0 Å². The van der Waals surface area contributed by atoms with E-state index in [9.17, 15) is 0 Å². The number of anilines is 1. The molecule has 0 radical (unpaired) electrons. The van der Waals surface area contributed by atoms with Crippen LogP contribution in [-0.2, 0) is 6.54 Å². The second-order valence-corrected chi connectivity index (χ2v) is 6.04. The predicted octanol–water partition coefficient (Wildman–Crippen LogP) is 4.13. The van der Waals surface area contributed by atoms with Crippen molar-refractivity contribution >= 4 is 28.9 Å². The van der Waals surface area contributed by atoms with Crippen LogP contribution in [0.3, 0.4) is 0 Å². The summed E-state index contributed by atoms with van der Waals surface area (Å²) in [6.45, 7) is 12.9. The molecule has 0 aromatic heterocycles. The fourth-order valence-corrected chi connectivity index (χ4v) is 2.93. The van der Waals surface area contributed by atoms with Gasteiger partial charge in [0.25, 0.3) is 0 Å². The van der Waals surface area contributed by atoms with E-state index in [2.05, 4.69) is 30.6 Å². The van der Waals surface area contributed by atoms with Crippen LogP contribution < -0.4 is 5.73 Å². The van der Waals surface area contributed by atoms with Crippen LogP contribution in [0.1, 0.15) is 32.8 Å². The third-order valence-corrected chi connectivity index (χ3v) is 4.46. The monoisotopic (exact) mass is 331 g/mol. The fourth-order valence-electron chi connectivity index (χ4n) is 2.39. The molecule has 0 bridgehead atoms. The lowest BCUT2D eigenvalue weighted by Crippen LogP contribution is -2.29. The maximum absolute atomic E-state index is 6.09. The Morgan fingerprint density at radius 3 is 1.86 bits per heavy atom. The third kappa shape index (κ3) is 6.03. The molecule has 5 heteroatoms. The molecule has 120 valence electrons. The van der Waals surface area contributed by atoms with Crippen LogP contribution in [-0.4, -0.2) is 42.5 Å². The molecular weight excluding hydrogens is 305 g/mol. The molecule has 0 saturated heterocycles. The van der Waals surface area contributed by atoms with Gasteiger partial charge in [-0.3, -0.25) is 4.90 Å². The molecule has 0 heterocycles. The number of benzene rings is 1. The number of nitrogen functional groups attached to an aromatic ring is 1. The summed E-state index contributed by atoms with van der Waals surface area (Å²) in [5.74, 6) is 0. The zero-order valence-corrected chi connectivity index (χ0v) is 14.8. The Bertz CT molecular complexity index is 411. The van der Waals surface area contributed by atoms with E-state index in [0.29, 0.717) is 15.7 Å².